The second kappa shape index (κ2) is 7.01. The lowest BCUT2D eigenvalue weighted by Gasteiger charge is -2.25. The van der Waals surface area contributed by atoms with Crippen molar-refractivity contribution in [1.29, 1.82) is 0 Å². The lowest BCUT2D eigenvalue weighted by atomic mass is 10.1. The van der Waals surface area contributed by atoms with Crippen molar-refractivity contribution in [3.05, 3.63) is 16.1 Å². The van der Waals surface area contributed by atoms with Crippen LogP contribution >= 0.6 is 11.3 Å². The standard InChI is InChI=1S/C14H23N3OS/c1-11(2)14(18)15-8-13-16-12(10-19-13)9-17-6-4-3-5-7-17/h10-11H,3-9H2,1-2H3,(H,15,18). The molecule has 1 fully saturated rings. The molecule has 4 nitrogen and oxygen atoms in total. The van der Waals surface area contributed by atoms with E-state index in [-0.39, 0.29) is 11.8 Å². The molecule has 0 aliphatic carbocycles. The molecular weight excluding hydrogens is 258 g/mol. The number of rotatable bonds is 5. The highest BCUT2D eigenvalue weighted by molar-refractivity contribution is 7.09. The number of aromatic nitrogens is 1. The number of amides is 1. The van der Waals surface area contributed by atoms with Gasteiger partial charge in [-0.15, -0.1) is 11.3 Å². The molecule has 106 valence electrons. The number of hydrogen-bond donors (Lipinski definition) is 1. The van der Waals surface area contributed by atoms with E-state index in [2.05, 4.69) is 20.6 Å². The molecule has 2 heterocycles. The van der Waals surface area contributed by atoms with Gasteiger partial charge in [-0.2, -0.15) is 0 Å². The number of hydrogen-bond acceptors (Lipinski definition) is 4. The van der Waals surface area contributed by atoms with E-state index in [0.29, 0.717) is 6.54 Å². The highest BCUT2D eigenvalue weighted by Gasteiger charge is 2.13. The zero-order valence-electron chi connectivity index (χ0n) is 11.8. The van der Waals surface area contributed by atoms with Crippen LogP contribution in [0.2, 0.25) is 0 Å². The molecule has 1 N–H and O–H groups in total. The lowest BCUT2D eigenvalue weighted by Crippen LogP contribution is -2.29. The van der Waals surface area contributed by atoms with E-state index < -0.39 is 0 Å². The van der Waals surface area contributed by atoms with E-state index in [0.717, 1.165) is 17.2 Å². The minimum absolute atomic E-state index is 0.0350. The predicted octanol–water partition coefficient (Wildman–Crippen LogP) is 2.40. The third kappa shape index (κ3) is 4.58. The highest BCUT2D eigenvalue weighted by Crippen LogP contribution is 2.15. The lowest BCUT2D eigenvalue weighted by molar-refractivity contribution is -0.124. The summed E-state index contributed by atoms with van der Waals surface area (Å²) in [6.45, 7) is 7.70. The van der Waals surface area contributed by atoms with Gasteiger partial charge in [0.15, 0.2) is 0 Å². The molecule has 1 amide bonds. The first-order chi connectivity index (χ1) is 9.15. The maximum atomic E-state index is 11.5. The molecule has 1 saturated heterocycles. The normalized spacial score (nSPS) is 16.8. The Bertz CT molecular complexity index is 411. The summed E-state index contributed by atoms with van der Waals surface area (Å²) in [7, 11) is 0. The molecule has 1 aliphatic rings. The fourth-order valence-electron chi connectivity index (χ4n) is 2.22. The minimum atomic E-state index is 0.0350. The average molecular weight is 281 g/mol. The minimum Gasteiger partial charge on any atom is -0.349 e. The van der Waals surface area contributed by atoms with Gasteiger partial charge in [-0.3, -0.25) is 9.69 Å². The number of nitrogens with zero attached hydrogens (tertiary/aromatic N) is 2. The number of thiazole rings is 1. The summed E-state index contributed by atoms with van der Waals surface area (Å²) in [5.41, 5.74) is 1.14. The topological polar surface area (TPSA) is 45.2 Å². The van der Waals surface area contributed by atoms with Crippen molar-refractivity contribution in [1.82, 2.24) is 15.2 Å². The van der Waals surface area contributed by atoms with Gasteiger partial charge in [0.2, 0.25) is 5.91 Å². The van der Waals surface area contributed by atoms with E-state index in [4.69, 9.17) is 0 Å². The molecule has 5 heteroatoms. The van der Waals surface area contributed by atoms with Crippen molar-refractivity contribution in [3.63, 3.8) is 0 Å². The number of carbonyl (C=O) groups is 1. The van der Waals surface area contributed by atoms with Gasteiger partial charge < -0.3 is 5.32 Å². The Labute approximate surface area is 119 Å². The Kier molecular flexibility index (Phi) is 5.34. The van der Waals surface area contributed by atoms with Crippen LogP contribution in [0.5, 0.6) is 0 Å². The van der Waals surface area contributed by atoms with Crippen molar-refractivity contribution < 1.29 is 4.79 Å². The monoisotopic (exact) mass is 281 g/mol. The summed E-state index contributed by atoms with van der Waals surface area (Å²) in [5, 5.41) is 6.03. The van der Waals surface area contributed by atoms with E-state index in [1.807, 2.05) is 13.8 Å². The van der Waals surface area contributed by atoms with Crippen LogP contribution in [0.15, 0.2) is 5.38 Å². The number of carbonyl (C=O) groups excluding carboxylic acids is 1. The van der Waals surface area contributed by atoms with Gasteiger partial charge in [-0.25, -0.2) is 4.98 Å². The van der Waals surface area contributed by atoms with Crippen molar-refractivity contribution in [2.45, 2.75) is 46.2 Å². The van der Waals surface area contributed by atoms with Crippen molar-refractivity contribution in [2.24, 2.45) is 5.92 Å². The first-order valence-corrected chi connectivity index (χ1v) is 7.96. The molecule has 2 rings (SSSR count). The third-order valence-electron chi connectivity index (χ3n) is 3.37. The van der Waals surface area contributed by atoms with Crippen molar-refractivity contribution >= 4 is 17.2 Å². The molecule has 0 bridgehead atoms. The first-order valence-electron chi connectivity index (χ1n) is 7.08. The summed E-state index contributed by atoms with van der Waals surface area (Å²) < 4.78 is 0. The highest BCUT2D eigenvalue weighted by atomic mass is 32.1. The van der Waals surface area contributed by atoms with Crippen LogP contribution in [-0.4, -0.2) is 28.9 Å². The van der Waals surface area contributed by atoms with Gasteiger partial charge in [0, 0.05) is 17.8 Å². The molecule has 1 aromatic rings. The summed E-state index contributed by atoms with van der Waals surface area (Å²) in [5.74, 6) is 0.126. The summed E-state index contributed by atoms with van der Waals surface area (Å²) in [6, 6.07) is 0. The fraction of sp³-hybridized carbons (Fsp3) is 0.714. The SMILES string of the molecule is CC(C)C(=O)NCc1nc(CN2CCCCC2)cs1. The van der Waals surface area contributed by atoms with Gasteiger partial charge in [-0.1, -0.05) is 20.3 Å². The second-order valence-electron chi connectivity index (χ2n) is 5.44. The van der Waals surface area contributed by atoms with Crippen LogP contribution in [0.1, 0.15) is 43.8 Å². The Balaban J connectivity index is 1.79. The summed E-state index contributed by atoms with van der Waals surface area (Å²) in [4.78, 5) is 18.6. The summed E-state index contributed by atoms with van der Waals surface area (Å²) in [6.07, 6.45) is 3.98. The average Bonchev–Trinajstić information content (AvgIpc) is 2.84. The quantitative estimate of drug-likeness (QED) is 0.901. The number of likely N-dealkylation sites (tertiary alicyclic amines) is 1. The molecule has 0 aromatic carbocycles. The summed E-state index contributed by atoms with van der Waals surface area (Å²) >= 11 is 1.64. The van der Waals surface area contributed by atoms with Crippen LogP contribution in [0.25, 0.3) is 0 Å². The Morgan fingerprint density at radius 1 is 1.42 bits per heavy atom. The predicted molar refractivity (Wildman–Crippen MR) is 77.9 cm³/mol. The second-order valence-corrected chi connectivity index (χ2v) is 6.38. The first kappa shape index (κ1) is 14.5. The molecule has 1 aliphatic heterocycles. The Morgan fingerprint density at radius 2 is 2.16 bits per heavy atom. The Morgan fingerprint density at radius 3 is 2.84 bits per heavy atom. The third-order valence-corrected chi connectivity index (χ3v) is 4.27. The molecular formula is C14H23N3OS. The van der Waals surface area contributed by atoms with Gasteiger partial charge in [-0.05, 0) is 25.9 Å². The van der Waals surface area contributed by atoms with Gasteiger partial charge in [0.05, 0.1) is 12.2 Å². The molecule has 0 spiro atoms. The van der Waals surface area contributed by atoms with Crippen molar-refractivity contribution in [3.8, 4) is 0 Å². The molecule has 1 aromatic heterocycles. The van der Waals surface area contributed by atoms with Gasteiger partial charge >= 0.3 is 0 Å². The van der Waals surface area contributed by atoms with Crippen LogP contribution in [0.4, 0.5) is 0 Å². The largest absolute Gasteiger partial charge is 0.349 e. The molecule has 19 heavy (non-hydrogen) atoms. The van der Waals surface area contributed by atoms with Gasteiger partial charge in [0.25, 0.3) is 0 Å². The maximum Gasteiger partial charge on any atom is 0.222 e. The molecule has 0 radical (unpaired) electrons. The van der Waals surface area contributed by atoms with Crippen LogP contribution in [-0.2, 0) is 17.9 Å². The van der Waals surface area contributed by atoms with E-state index in [1.54, 1.807) is 11.3 Å². The number of piperidine rings is 1. The number of nitrogens with one attached hydrogen (secondary N) is 1. The van der Waals surface area contributed by atoms with Crippen LogP contribution < -0.4 is 5.32 Å². The van der Waals surface area contributed by atoms with Crippen LogP contribution in [0, 0.1) is 5.92 Å². The van der Waals surface area contributed by atoms with Crippen molar-refractivity contribution in [2.75, 3.05) is 13.1 Å². The van der Waals surface area contributed by atoms with Gasteiger partial charge in [0.1, 0.15) is 5.01 Å². The zero-order valence-corrected chi connectivity index (χ0v) is 12.6. The van der Waals surface area contributed by atoms with E-state index in [9.17, 15) is 4.79 Å². The fourth-order valence-corrected chi connectivity index (χ4v) is 2.94. The smallest absolute Gasteiger partial charge is 0.222 e. The maximum absolute atomic E-state index is 11.5. The van der Waals surface area contributed by atoms with Crippen LogP contribution in [0.3, 0.4) is 0 Å². The van der Waals surface area contributed by atoms with E-state index >= 15 is 0 Å². The molecule has 0 saturated carbocycles. The molecule has 0 atom stereocenters. The zero-order chi connectivity index (χ0) is 13.7. The Hall–Kier alpha value is -0.940. The molecule has 0 unspecified atom stereocenters. The van der Waals surface area contributed by atoms with E-state index in [1.165, 1.54) is 32.4 Å².